The summed E-state index contributed by atoms with van der Waals surface area (Å²) in [5, 5.41) is 13.0. The molecule has 2 N–H and O–H groups in total. The van der Waals surface area contributed by atoms with Crippen molar-refractivity contribution in [2.45, 2.75) is 13.2 Å². The largest absolute Gasteiger partial charge is 0.504 e. The molecule has 0 unspecified atom stereocenters. The molecular weight excluding hydrogens is 510 g/mol. The maximum Gasteiger partial charge on any atom is 0.293 e. The van der Waals surface area contributed by atoms with Crippen LogP contribution in [0.1, 0.15) is 16.7 Å². The number of amides is 2. The number of hydrogen-bond donors (Lipinski definition) is 2. The van der Waals surface area contributed by atoms with Gasteiger partial charge in [-0.15, -0.1) is 0 Å². The van der Waals surface area contributed by atoms with Crippen molar-refractivity contribution < 1.29 is 19.4 Å². The molecular formula is C22H18BrN5O4S. The first kappa shape index (κ1) is 22.7. The lowest BCUT2D eigenvalue weighted by Crippen LogP contribution is -2.22. The summed E-state index contributed by atoms with van der Waals surface area (Å²) in [7, 11) is 1.43. The van der Waals surface area contributed by atoms with E-state index in [1.54, 1.807) is 36.9 Å². The molecule has 0 radical (unpaired) electrons. The van der Waals surface area contributed by atoms with Crippen LogP contribution in [-0.2, 0) is 17.9 Å². The van der Waals surface area contributed by atoms with Crippen LogP contribution >= 0.6 is 27.7 Å². The lowest BCUT2D eigenvalue weighted by molar-refractivity contribution is -0.121. The number of benzene rings is 1. The van der Waals surface area contributed by atoms with Gasteiger partial charge in [0, 0.05) is 48.4 Å². The Morgan fingerprint density at radius 2 is 1.91 bits per heavy atom. The van der Waals surface area contributed by atoms with Crippen LogP contribution in [0, 0.1) is 0 Å². The van der Waals surface area contributed by atoms with Crippen molar-refractivity contribution in [3.8, 4) is 11.5 Å². The van der Waals surface area contributed by atoms with Gasteiger partial charge in [-0.2, -0.15) is 0 Å². The number of rotatable bonds is 7. The minimum atomic E-state index is -0.373. The Kier molecular flexibility index (Phi) is 6.90. The second-order valence-electron chi connectivity index (χ2n) is 6.99. The maximum atomic E-state index is 12.1. The van der Waals surface area contributed by atoms with E-state index in [-0.39, 0.29) is 29.3 Å². The zero-order chi connectivity index (χ0) is 23.4. The Balaban J connectivity index is 1.41. The van der Waals surface area contributed by atoms with Gasteiger partial charge in [-0.25, -0.2) is 9.97 Å². The number of nitrogens with zero attached hydrogens (tertiary/aromatic N) is 4. The van der Waals surface area contributed by atoms with E-state index in [2.05, 4.69) is 36.2 Å². The molecule has 3 heterocycles. The number of ether oxygens (including phenoxy) is 1. The zero-order valence-corrected chi connectivity index (χ0v) is 19.8. The standard InChI is InChI=1S/C22H18BrN5O4S/c1-28-20(30)19(33-22(28)31)7-15-6-18(17(29)8-16(15)23)32-12-14-10-26-21(27-11-14)25-9-13-2-4-24-5-3-13/h2-8,10-11,29H,9,12H2,1H3,(H,25,26,27)/b19-7-. The molecule has 33 heavy (non-hydrogen) atoms. The number of aromatic nitrogens is 3. The predicted octanol–water partition coefficient (Wildman–Crippen LogP) is 4.20. The van der Waals surface area contributed by atoms with Gasteiger partial charge in [0.15, 0.2) is 11.5 Å². The highest BCUT2D eigenvalue weighted by atomic mass is 79.9. The Morgan fingerprint density at radius 3 is 2.58 bits per heavy atom. The van der Waals surface area contributed by atoms with Crippen molar-refractivity contribution in [3.05, 3.63) is 75.1 Å². The molecule has 0 atom stereocenters. The summed E-state index contributed by atoms with van der Waals surface area (Å²) in [6.07, 6.45) is 8.29. The quantitative estimate of drug-likeness (QED) is 0.435. The first-order valence-electron chi connectivity index (χ1n) is 9.71. The average molecular weight is 528 g/mol. The van der Waals surface area contributed by atoms with Gasteiger partial charge in [-0.1, -0.05) is 15.9 Å². The fourth-order valence-electron chi connectivity index (χ4n) is 2.84. The van der Waals surface area contributed by atoms with E-state index in [0.29, 0.717) is 33.0 Å². The van der Waals surface area contributed by atoms with Crippen LogP contribution in [0.25, 0.3) is 6.08 Å². The fourth-order valence-corrected chi connectivity index (χ4v) is 4.10. The van der Waals surface area contributed by atoms with Crippen molar-refractivity contribution in [1.82, 2.24) is 19.9 Å². The Bertz CT molecular complexity index is 1220. The summed E-state index contributed by atoms with van der Waals surface area (Å²) in [6.45, 7) is 0.705. The van der Waals surface area contributed by atoms with E-state index in [9.17, 15) is 14.7 Å². The van der Waals surface area contributed by atoms with E-state index in [4.69, 9.17) is 4.74 Å². The minimum Gasteiger partial charge on any atom is -0.504 e. The van der Waals surface area contributed by atoms with Crippen molar-refractivity contribution in [3.63, 3.8) is 0 Å². The Morgan fingerprint density at radius 1 is 1.18 bits per heavy atom. The third-order valence-corrected chi connectivity index (χ3v) is 6.30. The van der Waals surface area contributed by atoms with Crippen LogP contribution in [0.2, 0.25) is 0 Å². The zero-order valence-electron chi connectivity index (χ0n) is 17.4. The molecule has 2 aromatic heterocycles. The Hall–Kier alpha value is -3.44. The normalized spacial score (nSPS) is 14.7. The second-order valence-corrected chi connectivity index (χ2v) is 8.84. The number of imide groups is 1. The highest BCUT2D eigenvalue weighted by molar-refractivity contribution is 9.10. The highest BCUT2D eigenvalue weighted by Crippen LogP contribution is 2.37. The SMILES string of the molecule is CN1C(=O)S/C(=C\c2cc(OCc3cnc(NCc4ccncc4)nc3)c(O)cc2Br)C1=O. The third-order valence-electron chi connectivity index (χ3n) is 4.65. The number of hydrogen-bond acceptors (Lipinski definition) is 9. The molecule has 2 amide bonds. The van der Waals surface area contributed by atoms with Gasteiger partial charge in [0.25, 0.3) is 11.1 Å². The number of aromatic hydroxyl groups is 1. The monoisotopic (exact) mass is 527 g/mol. The van der Waals surface area contributed by atoms with Crippen LogP contribution in [0.3, 0.4) is 0 Å². The number of halogens is 1. The molecule has 1 aliphatic rings. The second kappa shape index (κ2) is 10.0. The Labute approximate surface area is 202 Å². The lowest BCUT2D eigenvalue weighted by Gasteiger charge is -2.11. The van der Waals surface area contributed by atoms with Gasteiger partial charge < -0.3 is 15.2 Å². The van der Waals surface area contributed by atoms with Crippen LogP contribution in [0.4, 0.5) is 10.7 Å². The van der Waals surface area contributed by atoms with Crippen molar-refractivity contribution in [2.24, 2.45) is 0 Å². The summed E-state index contributed by atoms with van der Waals surface area (Å²) >= 11 is 4.22. The number of phenolic OH excluding ortho intramolecular Hbond substituents is 1. The molecule has 0 bridgehead atoms. The number of pyridine rings is 1. The molecule has 1 saturated heterocycles. The number of phenols is 1. The summed E-state index contributed by atoms with van der Waals surface area (Å²) in [5.74, 6) is 0.260. The summed E-state index contributed by atoms with van der Waals surface area (Å²) < 4.78 is 6.30. The topological polar surface area (TPSA) is 118 Å². The molecule has 0 aliphatic carbocycles. The number of carbonyl (C=O) groups is 2. The lowest BCUT2D eigenvalue weighted by atomic mass is 10.2. The fraction of sp³-hybridized carbons (Fsp3) is 0.136. The number of anilines is 1. The van der Waals surface area contributed by atoms with Gasteiger partial charge in [0.1, 0.15) is 6.61 Å². The maximum absolute atomic E-state index is 12.1. The molecule has 9 nitrogen and oxygen atoms in total. The third kappa shape index (κ3) is 5.49. The van der Waals surface area contributed by atoms with E-state index in [1.807, 2.05) is 12.1 Å². The van der Waals surface area contributed by atoms with Crippen LogP contribution in [0.15, 0.2) is 58.4 Å². The van der Waals surface area contributed by atoms with Gasteiger partial charge in [-0.3, -0.25) is 19.5 Å². The van der Waals surface area contributed by atoms with Crippen molar-refractivity contribution >= 4 is 50.9 Å². The summed E-state index contributed by atoms with van der Waals surface area (Å²) in [6, 6.07) is 6.87. The molecule has 4 rings (SSSR count). The van der Waals surface area contributed by atoms with E-state index in [0.717, 1.165) is 22.2 Å². The van der Waals surface area contributed by atoms with Gasteiger partial charge in [0.2, 0.25) is 5.95 Å². The first-order valence-corrected chi connectivity index (χ1v) is 11.3. The molecule has 3 aromatic rings. The average Bonchev–Trinajstić information content (AvgIpc) is 3.06. The van der Waals surface area contributed by atoms with Crippen LogP contribution in [0.5, 0.6) is 11.5 Å². The minimum absolute atomic E-state index is 0.0702. The van der Waals surface area contributed by atoms with Crippen LogP contribution in [-0.4, -0.2) is 43.2 Å². The van der Waals surface area contributed by atoms with E-state index in [1.165, 1.54) is 13.1 Å². The van der Waals surface area contributed by atoms with Gasteiger partial charge >= 0.3 is 0 Å². The summed E-state index contributed by atoms with van der Waals surface area (Å²) in [4.78, 5) is 37.7. The predicted molar refractivity (Wildman–Crippen MR) is 127 cm³/mol. The number of carbonyl (C=O) groups excluding carboxylic acids is 2. The van der Waals surface area contributed by atoms with Crippen LogP contribution < -0.4 is 10.1 Å². The van der Waals surface area contributed by atoms with Gasteiger partial charge in [-0.05, 0) is 53.2 Å². The molecule has 11 heteroatoms. The molecule has 1 aromatic carbocycles. The molecule has 168 valence electrons. The number of thioether (sulfide) groups is 1. The number of likely N-dealkylation sites (N-methyl/N-ethyl adjacent to an activating group) is 1. The highest BCUT2D eigenvalue weighted by Gasteiger charge is 2.32. The molecule has 1 aliphatic heterocycles. The summed E-state index contributed by atoms with van der Waals surface area (Å²) in [5.41, 5.74) is 2.36. The number of nitrogens with one attached hydrogen (secondary N) is 1. The smallest absolute Gasteiger partial charge is 0.293 e. The first-order chi connectivity index (χ1) is 15.9. The molecule has 1 fully saturated rings. The van der Waals surface area contributed by atoms with Crippen molar-refractivity contribution in [2.75, 3.05) is 12.4 Å². The van der Waals surface area contributed by atoms with Crippen molar-refractivity contribution in [1.29, 1.82) is 0 Å². The molecule has 0 saturated carbocycles. The van der Waals surface area contributed by atoms with E-state index >= 15 is 0 Å². The van der Waals surface area contributed by atoms with Gasteiger partial charge in [0.05, 0.1) is 4.91 Å². The molecule has 0 spiro atoms. The van der Waals surface area contributed by atoms with E-state index < -0.39 is 0 Å².